The third kappa shape index (κ3) is 32.1. The van der Waals surface area contributed by atoms with E-state index < -0.39 is 47.1 Å². The maximum absolute atomic E-state index is 12.4. The predicted octanol–water partition coefficient (Wildman–Crippen LogP) is 19.5. The third-order valence-electron chi connectivity index (χ3n) is 13.2. The maximum Gasteiger partial charge on any atom is 0.434 e. The first kappa shape index (κ1) is 80.7. The predicted molar refractivity (Wildman–Crippen MR) is 315 cm³/mol. The smallest absolute Gasteiger partial charge is 0.258 e. The van der Waals surface area contributed by atoms with E-state index in [1.165, 1.54) is 39.0 Å². The highest BCUT2D eigenvalue weighted by Gasteiger charge is 2.39. The Balaban J connectivity index is 0. The lowest BCUT2D eigenvalue weighted by Gasteiger charge is -2.16. The summed E-state index contributed by atoms with van der Waals surface area (Å²) < 4.78 is 146. The molecule has 5 aromatic rings. The molecule has 0 saturated heterocycles. The van der Waals surface area contributed by atoms with Crippen LogP contribution in [0.3, 0.4) is 0 Å². The van der Waals surface area contributed by atoms with Gasteiger partial charge in [-0.25, -0.2) is 9.97 Å². The fourth-order valence-corrected chi connectivity index (χ4v) is 6.28. The lowest BCUT2D eigenvalue weighted by atomic mass is 9.85. The van der Waals surface area contributed by atoms with E-state index in [0.717, 1.165) is 80.7 Å². The molecule has 8 nitrogen and oxygen atoms in total. The Morgan fingerprint density at radius 3 is 1.30 bits per heavy atom. The molecule has 0 radical (unpaired) electrons. The topological polar surface area (TPSA) is 147 Å². The molecule has 0 spiro atoms. The summed E-state index contributed by atoms with van der Waals surface area (Å²) in [6.45, 7) is 27.1. The molecule has 2 aliphatic carbocycles. The SMILES string of the molecule is C#CC(C)(C)C.C#CC(C)(C)CC.C#Cc1cccc(C#N)c1C.CC1(C#N)CC1.CCC1(C#N)CCCC1.Cc1cc(C(F)(F)F)cc(C(F)(F)F)c1C.Cc1cccc(C(F)(F)F)c1C.Cc1cnc(C#N)cn1.Cc1cnc(C(F)(F)F)cn1. The summed E-state index contributed by atoms with van der Waals surface area (Å²) in [6, 6.07) is 19.0. The summed E-state index contributed by atoms with van der Waals surface area (Å²) in [5.74, 6) is 7.81. The van der Waals surface area contributed by atoms with Gasteiger partial charge in [-0.15, -0.1) is 31.1 Å². The second kappa shape index (κ2) is 35.9. The van der Waals surface area contributed by atoms with E-state index in [9.17, 15) is 52.7 Å². The van der Waals surface area contributed by atoms with Gasteiger partial charge < -0.3 is 0 Å². The van der Waals surface area contributed by atoms with Crippen molar-refractivity contribution in [3.05, 3.63) is 152 Å². The molecular formula is C67H76F12N8. The molecule has 2 heterocycles. The van der Waals surface area contributed by atoms with Crippen molar-refractivity contribution in [3.63, 3.8) is 0 Å². The first-order chi connectivity index (χ1) is 39.9. The van der Waals surface area contributed by atoms with E-state index in [2.05, 4.69) is 83.6 Å². The molecule has 0 bridgehead atoms. The molecule has 2 fully saturated rings. The van der Waals surface area contributed by atoms with Crippen molar-refractivity contribution < 1.29 is 52.7 Å². The molecule has 468 valence electrons. The molecule has 2 aromatic heterocycles. The number of nitrogens with zero attached hydrogens (tertiary/aromatic N) is 8. The van der Waals surface area contributed by atoms with Gasteiger partial charge in [0.1, 0.15) is 6.07 Å². The Bertz CT molecular complexity index is 3190. The molecule has 2 saturated carbocycles. The van der Waals surface area contributed by atoms with Crippen molar-refractivity contribution >= 4 is 0 Å². The number of rotatable bonds is 2. The average molecular weight is 1220 g/mol. The second-order valence-electron chi connectivity index (χ2n) is 22.0. The molecule has 7 rings (SSSR count). The Morgan fingerprint density at radius 2 is 1.00 bits per heavy atom. The molecule has 2 aliphatic rings. The minimum Gasteiger partial charge on any atom is -0.258 e. The van der Waals surface area contributed by atoms with Crippen molar-refractivity contribution in [2.45, 2.75) is 180 Å². The van der Waals surface area contributed by atoms with Crippen molar-refractivity contribution in [1.29, 1.82) is 21.0 Å². The van der Waals surface area contributed by atoms with E-state index in [-0.39, 0.29) is 38.9 Å². The molecule has 0 atom stereocenters. The highest BCUT2D eigenvalue weighted by Crippen LogP contribution is 2.44. The van der Waals surface area contributed by atoms with Crippen molar-refractivity contribution in [2.24, 2.45) is 21.7 Å². The molecular weight excluding hydrogens is 1140 g/mol. The molecule has 0 N–H and O–H groups in total. The van der Waals surface area contributed by atoms with Gasteiger partial charge in [0.25, 0.3) is 0 Å². The third-order valence-corrected chi connectivity index (χ3v) is 13.2. The average Bonchev–Trinajstić information content (AvgIpc) is 2.56. The molecule has 3 aromatic carbocycles. The number of aromatic nitrogens is 4. The van der Waals surface area contributed by atoms with Crippen LogP contribution in [0, 0.1) is 152 Å². The van der Waals surface area contributed by atoms with Gasteiger partial charge in [-0.1, -0.05) is 50.8 Å². The van der Waals surface area contributed by atoms with Crippen LogP contribution in [0.4, 0.5) is 52.7 Å². The van der Waals surface area contributed by atoms with Crippen molar-refractivity contribution in [2.75, 3.05) is 0 Å². The quantitative estimate of drug-likeness (QED) is 0.125. The van der Waals surface area contributed by atoms with Gasteiger partial charge in [-0.3, -0.25) is 9.97 Å². The van der Waals surface area contributed by atoms with Gasteiger partial charge in [-0.2, -0.15) is 73.7 Å². The summed E-state index contributed by atoms with van der Waals surface area (Å²) in [7, 11) is 0. The minimum absolute atomic E-state index is 0.0258. The molecule has 0 unspecified atom stereocenters. The number of benzene rings is 3. The van der Waals surface area contributed by atoms with Crippen LogP contribution in [0.1, 0.15) is 185 Å². The van der Waals surface area contributed by atoms with Crippen LogP contribution in [0.5, 0.6) is 0 Å². The molecule has 87 heavy (non-hydrogen) atoms. The van der Waals surface area contributed by atoms with Gasteiger partial charge in [0.05, 0.1) is 75.1 Å². The highest BCUT2D eigenvalue weighted by molar-refractivity contribution is 5.48. The summed E-state index contributed by atoms with van der Waals surface area (Å²) in [4.78, 5) is 14.3. The van der Waals surface area contributed by atoms with Crippen molar-refractivity contribution in [3.8, 4) is 61.3 Å². The largest absolute Gasteiger partial charge is 0.434 e. The fraction of sp³-hybridized carbons (Fsp3) is 0.463. The molecule has 20 heteroatoms. The normalized spacial score (nSPS) is 13.1. The Kier molecular flexibility index (Phi) is 33.3. The number of halogens is 12. The zero-order valence-electron chi connectivity index (χ0n) is 51.9. The van der Waals surface area contributed by atoms with Crippen LogP contribution in [0.15, 0.2) is 73.3 Å². The fourth-order valence-electron chi connectivity index (χ4n) is 6.28. The molecule has 0 aliphatic heterocycles. The van der Waals surface area contributed by atoms with Crippen LogP contribution in [0.2, 0.25) is 0 Å². The lowest BCUT2D eigenvalue weighted by Crippen LogP contribution is -2.13. The lowest BCUT2D eigenvalue weighted by molar-refractivity contribution is -0.144. The van der Waals surface area contributed by atoms with Crippen LogP contribution >= 0.6 is 0 Å². The number of aryl methyl sites for hydroxylation is 4. The van der Waals surface area contributed by atoms with E-state index in [1.807, 2.05) is 53.7 Å². The van der Waals surface area contributed by atoms with Crippen LogP contribution in [-0.4, -0.2) is 19.9 Å². The van der Waals surface area contributed by atoms with Gasteiger partial charge in [0.2, 0.25) is 0 Å². The minimum atomic E-state index is -4.77. The number of nitriles is 4. The molecule has 0 amide bonds. The Labute approximate surface area is 506 Å². The summed E-state index contributed by atoms with van der Waals surface area (Å²) in [5.41, 5.74) is 1.13. The van der Waals surface area contributed by atoms with Gasteiger partial charge in [0.15, 0.2) is 11.4 Å². The second-order valence-corrected chi connectivity index (χ2v) is 22.0. The summed E-state index contributed by atoms with van der Waals surface area (Å²) in [5, 5.41) is 33.9. The maximum atomic E-state index is 12.4. The number of hydrogen-bond acceptors (Lipinski definition) is 8. The summed E-state index contributed by atoms with van der Waals surface area (Å²) in [6.07, 6.45) is 11.3. The number of alkyl halides is 12. The van der Waals surface area contributed by atoms with Gasteiger partial charge >= 0.3 is 24.7 Å². The van der Waals surface area contributed by atoms with Crippen LogP contribution in [-0.2, 0) is 24.7 Å². The van der Waals surface area contributed by atoms with E-state index in [4.69, 9.17) is 40.3 Å². The number of terminal acetylenes is 3. The van der Waals surface area contributed by atoms with E-state index in [1.54, 1.807) is 38.2 Å². The zero-order chi connectivity index (χ0) is 68.0. The number of hydrogen-bond donors (Lipinski definition) is 0. The van der Waals surface area contributed by atoms with Gasteiger partial charge in [0, 0.05) is 28.8 Å². The van der Waals surface area contributed by atoms with Crippen molar-refractivity contribution in [1.82, 2.24) is 19.9 Å². The van der Waals surface area contributed by atoms with Gasteiger partial charge in [-0.05, 0) is 187 Å². The summed E-state index contributed by atoms with van der Waals surface area (Å²) >= 11 is 0. The van der Waals surface area contributed by atoms with Crippen LogP contribution in [0.25, 0.3) is 0 Å². The first-order valence-corrected chi connectivity index (χ1v) is 27.0. The Morgan fingerprint density at radius 1 is 0.517 bits per heavy atom. The zero-order valence-corrected chi connectivity index (χ0v) is 51.9. The monoisotopic (exact) mass is 1220 g/mol. The highest BCUT2D eigenvalue weighted by atomic mass is 19.4. The van der Waals surface area contributed by atoms with Crippen LogP contribution < -0.4 is 0 Å². The Hall–Kier alpha value is -8.38. The first-order valence-electron chi connectivity index (χ1n) is 27.0. The van der Waals surface area contributed by atoms with E-state index in [0.29, 0.717) is 34.1 Å². The van der Waals surface area contributed by atoms with E-state index >= 15 is 0 Å². The standard InChI is InChI=1S/C10H8F6.C10H7N.C9H9F3.C8H13N.C7H12.C6H5F3N2.C6H5N3.C6H10.C5H7N/c1-5-3-7(9(11,12)13)4-8(6(5)2)10(14,15)16;1-3-9-5-4-6-10(7-11)8(9)2;1-6-4-3-5-8(7(6)2)9(10,11)12;1-2-8(7-9)5-3-4-6-8;1-5-7(3,4)6-2;1-4-2-11-5(3-10-4)6(7,8)9;1-5-3-9-6(2-7)4-8-5;1-5-6(2,3)4;1-5(4-6)2-3-5/h3-4H,1-2H3;1,4-6H,2H3;3-5H,1-2H3;2-6H2,1H3;1H,6H2,2-4H3;2-3H,1H3;3-4H,1H3;1H,2-4H3;2-3H2,1H3.